The highest BCUT2D eigenvalue weighted by Crippen LogP contribution is 2.37. The van der Waals surface area contributed by atoms with Gasteiger partial charge in [0.2, 0.25) is 0 Å². The zero-order chi connectivity index (χ0) is 21.7. The number of hydrogen-bond donors (Lipinski definition) is 4. The SMILES string of the molecule is CCCc1cc(CC)cc([C@@H](Nc2ccc(C(=N)N)cc2)C(=O)O)c1OCC1CC1. The van der Waals surface area contributed by atoms with Gasteiger partial charge in [-0.05, 0) is 73.1 Å². The normalized spacial score (nSPS) is 14.2. The number of aryl methyl sites for hydroxylation is 2. The number of nitrogens with two attached hydrogens (primary N) is 1. The summed E-state index contributed by atoms with van der Waals surface area (Å²) < 4.78 is 6.22. The number of ether oxygens (including phenoxy) is 1. The van der Waals surface area contributed by atoms with Crippen LogP contribution in [0.5, 0.6) is 5.75 Å². The number of carbonyl (C=O) groups is 1. The predicted molar refractivity (Wildman–Crippen MR) is 119 cm³/mol. The molecule has 1 atom stereocenters. The van der Waals surface area contributed by atoms with Crippen LogP contribution in [0.4, 0.5) is 5.69 Å². The minimum Gasteiger partial charge on any atom is -0.493 e. The van der Waals surface area contributed by atoms with Gasteiger partial charge in [-0.25, -0.2) is 4.79 Å². The number of carboxylic acids is 1. The van der Waals surface area contributed by atoms with Crippen molar-refractivity contribution in [3.8, 4) is 5.75 Å². The second kappa shape index (κ2) is 9.65. The molecule has 0 aliphatic heterocycles. The first-order valence-electron chi connectivity index (χ1n) is 10.6. The summed E-state index contributed by atoms with van der Waals surface area (Å²) in [7, 11) is 0. The van der Waals surface area contributed by atoms with Crippen LogP contribution in [0.1, 0.15) is 61.4 Å². The highest BCUT2D eigenvalue weighted by molar-refractivity contribution is 5.95. The molecule has 1 saturated carbocycles. The fourth-order valence-electron chi connectivity index (χ4n) is 3.50. The Morgan fingerprint density at radius 2 is 1.97 bits per heavy atom. The highest BCUT2D eigenvalue weighted by Gasteiger charge is 2.28. The van der Waals surface area contributed by atoms with E-state index in [1.807, 2.05) is 6.07 Å². The summed E-state index contributed by atoms with van der Waals surface area (Å²) in [5.41, 5.74) is 9.61. The smallest absolute Gasteiger partial charge is 0.330 e. The Hall–Kier alpha value is -3.02. The monoisotopic (exact) mass is 409 g/mol. The van der Waals surface area contributed by atoms with Crippen molar-refractivity contribution in [2.45, 2.75) is 52.0 Å². The van der Waals surface area contributed by atoms with Gasteiger partial charge in [0.1, 0.15) is 11.6 Å². The van der Waals surface area contributed by atoms with Crippen LogP contribution in [0.3, 0.4) is 0 Å². The zero-order valence-corrected chi connectivity index (χ0v) is 17.7. The number of aliphatic carboxylic acids is 1. The second-order valence-electron chi connectivity index (χ2n) is 7.94. The van der Waals surface area contributed by atoms with E-state index in [1.165, 1.54) is 12.8 Å². The van der Waals surface area contributed by atoms with Crippen molar-refractivity contribution in [3.63, 3.8) is 0 Å². The summed E-state index contributed by atoms with van der Waals surface area (Å²) in [6.45, 7) is 4.82. The van der Waals surface area contributed by atoms with Crippen LogP contribution in [0.15, 0.2) is 36.4 Å². The summed E-state index contributed by atoms with van der Waals surface area (Å²) in [5, 5.41) is 20.7. The van der Waals surface area contributed by atoms with Crippen molar-refractivity contribution in [2.75, 3.05) is 11.9 Å². The van der Waals surface area contributed by atoms with Crippen molar-refractivity contribution in [2.24, 2.45) is 11.7 Å². The molecule has 0 bridgehead atoms. The Bertz CT molecular complexity index is 905. The minimum absolute atomic E-state index is 0.0213. The van der Waals surface area contributed by atoms with E-state index in [0.717, 1.165) is 30.4 Å². The molecular weight excluding hydrogens is 378 g/mol. The van der Waals surface area contributed by atoms with E-state index < -0.39 is 12.0 Å². The first kappa shape index (κ1) is 21.7. The van der Waals surface area contributed by atoms with Gasteiger partial charge in [-0.15, -0.1) is 0 Å². The molecule has 6 nitrogen and oxygen atoms in total. The Balaban J connectivity index is 1.98. The first-order valence-corrected chi connectivity index (χ1v) is 10.6. The minimum atomic E-state index is -0.961. The van der Waals surface area contributed by atoms with Gasteiger partial charge in [0.25, 0.3) is 0 Å². The average molecular weight is 410 g/mol. The number of anilines is 1. The lowest BCUT2D eigenvalue weighted by atomic mass is 9.95. The first-order chi connectivity index (χ1) is 14.4. The zero-order valence-electron chi connectivity index (χ0n) is 17.7. The van der Waals surface area contributed by atoms with E-state index in [-0.39, 0.29) is 5.84 Å². The number of benzene rings is 2. The Labute approximate surface area is 178 Å². The van der Waals surface area contributed by atoms with E-state index >= 15 is 0 Å². The van der Waals surface area contributed by atoms with E-state index in [2.05, 4.69) is 25.2 Å². The second-order valence-corrected chi connectivity index (χ2v) is 7.94. The fourth-order valence-corrected chi connectivity index (χ4v) is 3.50. The van der Waals surface area contributed by atoms with Gasteiger partial charge in [-0.1, -0.05) is 26.3 Å². The van der Waals surface area contributed by atoms with Crippen LogP contribution >= 0.6 is 0 Å². The van der Waals surface area contributed by atoms with Gasteiger partial charge >= 0.3 is 5.97 Å². The standard InChI is InChI=1S/C24H31N3O3/c1-3-5-18-12-15(4-2)13-20(22(18)30-14-16-6-7-16)21(24(28)29)27-19-10-8-17(9-11-19)23(25)26/h8-13,16,21,27H,3-7,14H2,1-2H3,(H3,25,26)(H,28,29)/t21-/m1/s1. The van der Waals surface area contributed by atoms with E-state index in [0.29, 0.717) is 35.1 Å². The molecule has 3 rings (SSSR count). The highest BCUT2D eigenvalue weighted by atomic mass is 16.5. The Morgan fingerprint density at radius 1 is 1.27 bits per heavy atom. The number of amidine groups is 1. The number of hydrogen-bond acceptors (Lipinski definition) is 4. The Morgan fingerprint density at radius 3 is 2.50 bits per heavy atom. The summed E-state index contributed by atoms with van der Waals surface area (Å²) >= 11 is 0. The van der Waals surface area contributed by atoms with Gasteiger partial charge in [-0.3, -0.25) is 5.41 Å². The lowest BCUT2D eigenvalue weighted by Gasteiger charge is -2.23. The molecule has 5 N–H and O–H groups in total. The number of rotatable bonds is 11. The molecule has 0 radical (unpaired) electrons. The van der Waals surface area contributed by atoms with Crippen molar-refractivity contribution >= 4 is 17.5 Å². The fraction of sp³-hybridized carbons (Fsp3) is 0.417. The summed E-state index contributed by atoms with van der Waals surface area (Å²) in [6.07, 6.45) is 4.99. The van der Waals surface area contributed by atoms with Gasteiger partial charge < -0.3 is 20.9 Å². The molecule has 0 saturated heterocycles. The molecule has 0 aromatic heterocycles. The third-order valence-corrected chi connectivity index (χ3v) is 5.41. The molecule has 2 aromatic rings. The van der Waals surface area contributed by atoms with Crippen LogP contribution in [-0.2, 0) is 17.6 Å². The molecule has 0 heterocycles. The average Bonchev–Trinajstić information content (AvgIpc) is 3.55. The van der Waals surface area contributed by atoms with Gasteiger partial charge in [0.05, 0.1) is 6.61 Å². The van der Waals surface area contributed by atoms with Crippen molar-refractivity contribution in [1.29, 1.82) is 5.41 Å². The molecule has 0 unspecified atom stereocenters. The van der Waals surface area contributed by atoms with E-state index in [4.69, 9.17) is 15.9 Å². The van der Waals surface area contributed by atoms with Gasteiger partial charge in [-0.2, -0.15) is 0 Å². The number of nitrogen functional groups attached to an aromatic ring is 1. The summed E-state index contributed by atoms with van der Waals surface area (Å²) in [5.74, 6) is 0.305. The molecule has 2 aromatic carbocycles. The van der Waals surface area contributed by atoms with Crippen molar-refractivity contribution in [3.05, 3.63) is 58.7 Å². The molecule has 160 valence electrons. The molecule has 30 heavy (non-hydrogen) atoms. The number of carboxylic acid groups (broad SMARTS) is 1. The molecule has 1 aliphatic rings. The van der Waals surface area contributed by atoms with Crippen LogP contribution in [0, 0.1) is 11.3 Å². The van der Waals surface area contributed by atoms with Crippen LogP contribution in [0.25, 0.3) is 0 Å². The predicted octanol–water partition coefficient (Wildman–Crippen LogP) is 4.51. The molecular formula is C24H31N3O3. The van der Waals surface area contributed by atoms with E-state index in [9.17, 15) is 9.90 Å². The molecule has 0 amide bonds. The summed E-state index contributed by atoms with van der Waals surface area (Å²) in [6, 6.07) is 10.1. The topological polar surface area (TPSA) is 108 Å². The third kappa shape index (κ3) is 5.32. The van der Waals surface area contributed by atoms with Crippen LogP contribution in [-0.4, -0.2) is 23.5 Å². The molecule has 1 fully saturated rings. The third-order valence-electron chi connectivity index (χ3n) is 5.41. The number of nitrogens with one attached hydrogen (secondary N) is 2. The van der Waals surface area contributed by atoms with Crippen molar-refractivity contribution in [1.82, 2.24) is 0 Å². The maximum atomic E-state index is 12.3. The lowest BCUT2D eigenvalue weighted by molar-refractivity contribution is -0.138. The van der Waals surface area contributed by atoms with Crippen molar-refractivity contribution < 1.29 is 14.6 Å². The van der Waals surface area contributed by atoms with Crippen LogP contribution < -0.4 is 15.8 Å². The van der Waals surface area contributed by atoms with Gasteiger partial charge in [0, 0.05) is 16.8 Å². The molecule has 6 heteroatoms. The molecule has 1 aliphatic carbocycles. The summed E-state index contributed by atoms with van der Waals surface area (Å²) in [4.78, 5) is 12.3. The lowest BCUT2D eigenvalue weighted by Crippen LogP contribution is -2.22. The van der Waals surface area contributed by atoms with Gasteiger partial charge in [0.15, 0.2) is 6.04 Å². The van der Waals surface area contributed by atoms with Crippen LogP contribution in [0.2, 0.25) is 0 Å². The van der Waals surface area contributed by atoms with E-state index in [1.54, 1.807) is 24.3 Å². The maximum absolute atomic E-state index is 12.3. The maximum Gasteiger partial charge on any atom is 0.330 e. The Kier molecular flexibility index (Phi) is 6.98. The molecule has 0 spiro atoms. The largest absolute Gasteiger partial charge is 0.493 e. The quantitative estimate of drug-likeness (QED) is 0.322.